The van der Waals surface area contributed by atoms with Crippen molar-refractivity contribution in [1.29, 1.82) is 0 Å². The number of ether oxygens (including phenoxy) is 2. The molecule has 0 aliphatic carbocycles. The van der Waals surface area contributed by atoms with E-state index in [2.05, 4.69) is 21.2 Å². The Bertz CT molecular complexity index is 1440. The highest BCUT2D eigenvalue weighted by Crippen LogP contribution is 2.42. The zero-order valence-electron chi connectivity index (χ0n) is 22.8. The molecule has 0 spiro atoms. The lowest BCUT2D eigenvalue weighted by Crippen LogP contribution is -2.71. The van der Waals surface area contributed by atoms with Gasteiger partial charge in [-0.1, -0.05) is 107 Å². The number of carbonyl (C=O) groups excluding carboxylic acids is 4. The van der Waals surface area contributed by atoms with Crippen molar-refractivity contribution < 1.29 is 28.7 Å². The molecule has 0 radical (unpaired) electrons. The summed E-state index contributed by atoms with van der Waals surface area (Å²) in [4.78, 5) is 54.5. The molecule has 2 aliphatic rings. The van der Waals surface area contributed by atoms with Crippen molar-refractivity contribution in [2.24, 2.45) is 0 Å². The fraction of sp³-hybridized carbons (Fsp3) is 0.250. The smallest absolute Gasteiger partial charge is 0.356 e. The Balaban J connectivity index is 1.42. The van der Waals surface area contributed by atoms with Crippen molar-refractivity contribution in [1.82, 2.24) is 10.2 Å². The molecule has 8 nitrogen and oxygen atoms in total. The molecule has 2 amide bonds. The quantitative estimate of drug-likeness (QED) is 0.196. The Morgan fingerprint density at radius 3 is 2.07 bits per heavy atom. The van der Waals surface area contributed by atoms with Crippen LogP contribution in [0.5, 0.6) is 0 Å². The first kappa shape index (κ1) is 29.6. The minimum atomic E-state index is -0.840. The van der Waals surface area contributed by atoms with Crippen LogP contribution in [0.3, 0.4) is 0 Å². The summed E-state index contributed by atoms with van der Waals surface area (Å²) in [6.07, 6.45) is -0.664. The maximum atomic E-state index is 13.9. The predicted molar refractivity (Wildman–Crippen MR) is 162 cm³/mol. The third-order valence-electron chi connectivity index (χ3n) is 6.81. The molecule has 2 aliphatic heterocycles. The summed E-state index contributed by atoms with van der Waals surface area (Å²) in [5.74, 6) is -2.20. The molecular formula is C32H29BrN2O6S. The Morgan fingerprint density at radius 1 is 0.929 bits per heavy atom. The molecule has 3 aromatic rings. The summed E-state index contributed by atoms with van der Waals surface area (Å²) >= 11 is 4.65. The summed E-state index contributed by atoms with van der Waals surface area (Å²) in [7, 11) is 0. The van der Waals surface area contributed by atoms with Gasteiger partial charge in [-0.05, 0) is 23.6 Å². The normalized spacial score (nSPS) is 18.5. The van der Waals surface area contributed by atoms with Gasteiger partial charge in [0.15, 0.2) is 6.10 Å². The van der Waals surface area contributed by atoms with Crippen molar-refractivity contribution >= 4 is 51.4 Å². The highest BCUT2D eigenvalue weighted by molar-refractivity contribution is 9.09. The Kier molecular flexibility index (Phi) is 9.44. The van der Waals surface area contributed by atoms with E-state index in [1.165, 1.54) is 16.7 Å². The number of rotatable bonds is 10. The van der Waals surface area contributed by atoms with Crippen LogP contribution in [0.4, 0.5) is 0 Å². The van der Waals surface area contributed by atoms with Crippen molar-refractivity contribution in [2.45, 2.75) is 35.7 Å². The molecule has 42 heavy (non-hydrogen) atoms. The zero-order chi connectivity index (χ0) is 29.6. The van der Waals surface area contributed by atoms with Crippen LogP contribution in [0.2, 0.25) is 0 Å². The lowest BCUT2D eigenvalue weighted by molar-refractivity contribution is -0.155. The molecule has 5 rings (SSSR count). The molecule has 2 unspecified atom stereocenters. The number of hydrogen-bond acceptors (Lipinski definition) is 7. The second-order valence-corrected chi connectivity index (χ2v) is 12.6. The number of nitrogens with zero attached hydrogens (tertiary/aromatic N) is 1. The maximum Gasteiger partial charge on any atom is 0.356 e. The predicted octanol–water partition coefficient (Wildman–Crippen LogP) is 4.54. The molecule has 2 heterocycles. The van der Waals surface area contributed by atoms with Crippen LogP contribution in [0.25, 0.3) is 0 Å². The SMILES string of the molecule is CC(Br)COC(=O)C1=C(C(=O)OC(c2ccccc2)c2ccccc2)N2C(=O)C(NC(=O)Cc3ccccc3)[C@@H]2SC1. The molecule has 3 aromatic carbocycles. The van der Waals surface area contributed by atoms with Gasteiger partial charge in [-0.15, -0.1) is 11.8 Å². The first-order valence-electron chi connectivity index (χ1n) is 13.5. The summed E-state index contributed by atoms with van der Waals surface area (Å²) in [6.45, 7) is 1.91. The lowest BCUT2D eigenvalue weighted by atomic mass is 10.0. The number of amides is 2. The lowest BCUT2D eigenvalue weighted by Gasteiger charge is -2.49. The Labute approximate surface area is 256 Å². The average Bonchev–Trinajstić information content (AvgIpc) is 3.01. The van der Waals surface area contributed by atoms with Crippen LogP contribution in [-0.2, 0) is 35.1 Å². The first-order chi connectivity index (χ1) is 20.3. The number of fused-ring (bicyclic) bond motifs is 1. The van der Waals surface area contributed by atoms with E-state index in [1.54, 1.807) is 0 Å². The van der Waals surface area contributed by atoms with Crippen LogP contribution < -0.4 is 5.32 Å². The fourth-order valence-electron chi connectivity index (χ4n) is 4.80. The minimum Gasteiger partial charge on any atom is -0.461 e. The third-order valence-corrected chi connectivity index (χ3v) is 8.35. The van der Waals surface area contributed by atoms with E-state index in [1.807, 2.05) is 97.9 Å². The van der Waals surface area contributed by atoms with Gasteiger partial charge in [-0.2, -0.15) is 0 Å². The second-order valence-electron chi connectivity index (χ2n) is 9.93. The molecule has 10 heteroatoms. The van der Waals surface area contributed by atoms with E-state index in [4.69, 9.17) is 9.47 Å². The van der Waals surface area contributed by atoms with Crippen LogP contribution in [-0.4, -0.2) is 57.3 Å². The highest BCUT2D eigenvalue weighted by atomic mass is 79.9. The van der Waals surface area contributed by atoms with Gasteiger partial charge in [0.05, 0.1) is 12.0 Å². The average molecular weight is 650 g/mol. The third kappa shape index (κ3) is 6.60. The number of carbonyl (C=O) groups is 4. The largest absolute Gasteiger partial charge is 0.461 e. The summed E-state index contributed by atoms with van der Waals surface area (Å²) < 4.78 is 11.5. The van der Waals surface area contributed by atoms with E-state index in [0.29, 0.717) is 0 Å². The van der Waals surface area contributed by atoms with Crippen LogP contribution in [0.1, 0.15) is 29.7 Å². The Hall–Kier alpha value is -3.89. The summed E-state index contributed by atoms with van der Waals surface area (Å²) in [5, 5.41) is 2.23. The van der Waals surface area contributed by atoms with Gasteiger partial charge in [0, 0.05) is 10.6 Å². The minimum absolute atomic E-state index is 0.0525. The van der Waals surface area contributed by atoms with Crippen LogP contribution >= 0.6 is 27.7 Å². The topological polar surface area (TPSA) is 102 Å². The van der Waals surface area contributed by atoms with Gasteiger partial charge < -0.3 is 14.8 Å². The monoisotopic (exact) mass is 648 g/mol. The number of nitrogens with one attached hydrogen (secondary N) is 1. The number of alkyl halides is 1. The van der Waals surface area contributed by atoms with Gasteiger partial charge in [0.25, 0.3) is 5.91 Å². The summed E-state index contributed by atoms with van der Waals surface area (Å²) in [5.41, 5.74) is 2.19. The van der Waals surface area contributed by atoms with E-state index in [0.717, 1.165) is 16.7 Å². The molecule has 1 saturated heterocycles. The number of thioether (sulfide) groups is 1. The van der Waals surface area contributed by atoms with Gasteiger partial charge >= 0.3 is 11.9 Å². The van der Waals surface area contributed by atoms with Crippen molar-refractivity contribution in [3.63, 3.8) is 0 Å². The molecule has 3 atom stereocenters. The Morgan fingerprint density at radius 2 is 1.50 bits per heavy atom. The number of benzene rings is 3. The van der Waals surface area contributed by atoms with Crippen molar-refractivity contribution in [3.8, 4) is 0 Å². The van der Waals surface area contributed by atoms with Crippen LogP contribution in [0.15, 0.2) is 102 Å². The molecule has 1 N–H and O–H groups in total. The molecule has 0 aromatic heterocycles. The van der Waals surface area contributed by atoms with Gasteiger partial charge in [-0.25, -0.2) is 9.59 Å². The molecule has 0 saturated carbocycles. The standard InChI is InChI=1S/C32H29BrN2O6S/c1-20(33)18-40-31(38)24-19-42-30-26(34-25(36)17-21-11-5-2-6-12-21)29(37)35(30)27(24)32(39)41-28(22-13-7-3-8-14-22)23-15-9-4-10-16-23/h2-16,20,26,28,30H,17-19H2,1H3,(H,34,36)/t20?,26?,30-/m0/s1. The van der Waals surface area contributed by atoms with Gasteiger partial charge in [0.1, 0.15) is 23.7 Å². The molecule has 216 valence electrons. The number of β-lactam (4-membered cyclic amide) rings is 1. The van der Waals surface area contributed by atoms with Gasteiger partial charge in [0.2, 0.25) is 5.91 Å². The first-order valence-corrected chi connectivity index (χ1v) is 15.4. The highest BCUT2D eigenvalue weighted by Gasteiger charge is 2.55. The zero-order valence-corrected chi connectivity index (χ0v) is 25.2. The number of hydrogen-bond donors (Lipinski definition) is 1. The number of esters is 2. The molecular weight excluding hydrogens is 620 g/mol. The van der Waals surface area contributed by atoms with Crippen molar-refractivity contribution in [2.75, 3.05) is 12.4 Å². The van der Waals surface area contributed by atoms with E-state index < -0.39 is 35.4 Å². The van der Waals surface area contributed by atoms with E-state index in [9.17, 15) is 19.2 Å². The summed E-state index contributed by atoms with van der Waals surface area (Å²) in [6, 6.07) is 26.9. The molecule has 0 bridgehead atoms. The second kappa shape index (κ2) is 13.4. The van der Waals surface area contributed by atoms with Crippen LogP contribution in [0, 0.1) is 0 Å². The fourth-order valence-corrected chi connectivity index (χ4v) is 6.25. The van der Waals surface area contributed by atoms with Crippen molar-refractivity contribution in [3.05, 3.63) is 119 Å². The number of halogens is 1. The van der Waals surface area contributed by atoms with Gasteiger partial charge in [-0.3, -0.25) is 14.5 Å². The van der Waals surface area contributed by atoms with E-state index in [-0.39, 0.29) is 40.8 Å². The maximum absolute atomic E-state index is 13.9. The molecule has 1 fully saturated rings. The van der Waals surface area contributed by atoms with E-state index >= 15 is 0 Å².